The Morgan fingerprint density at radius 1 is 1.44 bits per heavy atom. The van der Waals surface area contributed by atoms with Crippen molar-refractivity contribution in [1.29, 1.82) is 0 Å². The number of rotatable bonds is 4. The Bertz CT molecular complexity index is 386. The molecule has 0 amide bonds. The van der Waals surface area contributed by atoms with Crippen LogP contribution in [0.2, 0.25) is 0 Å². The van der Waals surface area contributed by atoms with Crippen LogP contribution < -0.4 is 10.6 Å². The molecule has 1 aliphatic rings. The second-order valence-electron chi connectivity index (χ2n) is 5.17. The Labute approximate surface area is 115 Å². The van der Waals surface area contributed by atoms with Crippen molar-refractivity contribution in [2.24, 2.45) is 5.73 Å². The minimum Gasteiger partial charge on any atom is -0.364 e. The summed E-state index contributed by atoms with van der Waals surface area (Å²) in [6.07, 6.45) is 2.50. The Hall–Kier alpha value is -0.670. The van der Waals surface area contributed by atoms with Crippen LogP contribution in [0.5, 0.6) is 0 Å². The number of nitrogens with two attached hydrogens (primary N) is 1. The van der Waals surface area contributed by atoms with E-state index in [1.54, 1.807) is 0 Å². The highest BCUT2D eigenvalue weighted by atomic mass is 32.2. The van der Waals surface area contributed by atoms with Crippen molar-refractivity contribution >= 4 is 17.4 Å². The van der Waals surface area contributed by atoms with Gasteiger partial charge in [-0.25, -0.2) is 0 Å². The average molecular weight is 264 g/mol. The van der Waals surface area contributed by atoms with E-state index in [2.05, 4.69) is 43.0 Å². The van der Waals surface area contributed by atoms with Gasteiger partial charge in [0.2, 0.25) is 0 Å². The molecule has 100 valence electrons. The number of nitrogens with zero attached hydrogens (tertiary/aromatic N) is 1. The van der Waals surface area contributed by atoms with Crippen molar-refractivity contribution in [3.05, 3.63) is 29.8 Å². The Balaban J connectivity index is 2.31. The molecule has 1 fully saturated rings. The lowest BCUT2D eigenvalue weighted by molar-refractivity contribution is 0.401. The predicted molar refractivity (Wildman–Crippen MR) is 82.5 cm³/mol. The molecule has 0 radical (unpaired) electrons. The first-order chi connectivity index (χ1) is 8.72. The predicted octanol–water partition coefficient (Wildman–Crippen LogP) is 3.05. The minimum atomic E-state index is 0.158. The Morgan fingerprint density at radius 2 is 2.28 bits per heavy atom. The summed E-state index contributed by atoms with van der Waals surface area (Å²) >= 11 is 2.05. The summed E-state index contributed by atoms with van der Waals surface area (Å²) in [5.74, 6) is 2.44. The zero-order chi connectivity index (χ0) is 13.0. The van der Waals surface area contributed by atoms with E-state index in [0.29, 0.717) is 0 Å². The van der Waals surface area contributed by atoms with E-state index in [9.17, 15) is 0 Å². The zero-order valence-corrected chi connectivity index (χ0v) is 12.3. The molecule has 0 bridgehead atoms. The maximum atomic E-state index is 6.14. The van der Waals surface area contributed by atoms with Crippen LogP contribution in [0.4, 0.5) is 5.69 Å². The van der Waals surface area contributed by atoms with Crippen molar-refractivity contribution in [3.8, 4) is 0 Å². The van der Waals surface area contributed by atoms with E-state index in [0.717, 1.165) is 18.8 Å². The van der Waals surface area contributed by atoms with E-state index in [-0.39, 0.29) is 5.54 Å². The van der Waals surface area contributed by atoms with Crippen molar-refractivity contribution < 1.29 is 0 Å². The summed E-state index contributed by atoms with van der Waals surface area (Å²) in [6.45, 7) is 6.17. The Morgan fingerprint density at radius 3 is 2.83 bits per heavy atom. The number of benzene rings is 1. The molecule has 1 unspecified atom stereocenters. The molecule has 1 aromatic rings. The Kier molecular flexibility index (Phi) is 4.57. The van der Waals surface area contributed by atoms with Crippen LogP contribution in [0, 0.1) is 6.92 Å². The molecule has 1 heterocycles. The quantitative estimate of drug-likeness (QED) is 0.906. The first kappa shape index (κ1) is 13.8. The van der Waals surface area contributed by atoms with Gasteiger partial charge in [0.25, 0.3) is 0 Å². The largest absolute Gasteiger partial charge is 0.364 e. The molecule has 1 aliphatic heterocycles. The van der Waals surface area contributed by atoms with Crippen LogP contribution in [-0.2, 0) is 0 Å². The SMILES string of the molecule is CCN(c1cccc(C)c1)C1(CN)CCCSC1. The molecule has 18 heavy (non-hydrogen) atoms. The molecule has 0 spiro atoms. The normalized spacial score (nSPS) is 23.9. The van der Waals surface area contributed by atoms with Crippen molar-refractivity contribution in [2.75, 3.05) is 29.5 Å². The summed E-state index contributed by atoms with van der Waals surface area (Å²) in [6, 6.07) is 8.79. The van der Waals surface area contributed by atoms with Crippen LogP contribution in [0.3, 0.4) is 0 Å². The van der Waals surface area contributed by atoms with Gasteiger partial charge in [0.15, 0.2) is 0 Å². The molecule has 2 N–H and O–H groups in total. The van der Waals surface area contributed by atoms with Gasteiger partial charge < -0.3 is 10.6 Å². The molecule has 0 aromatic heterocycles. The third-order valence-electron chi connectivity index (χ3n) is 3.88. The van der Waals surface area contributed by atoms with Crippen molar-refractivity contribution in [1.82, 2.24) is 0 Å². The molecular formula is C15H24N2S. The number of hydrogen-bond acceptors (Lipinski definition) is 3. The molecule has 1 saturated heterocycles. The fourth-order valence-electron chi connectivity index (χ4n) is 2.91. The second kappa shape index (κ2) is 5.98. The molecule has 0 saturated carbocycles. The molecule has 1 atom stereocenters. The summed E-state index contributed by atoms with van der Waals surface area (Å²) < 4.78 is 0. The van der Waals surface area contributed by atoms with Crippen LogP contribution in [0.25, 0.3) is 0 Å². The monoisotopic (exact) mass is 264 g/mol. The summed E-state index contributed by atoms with van der Waals surface area (Å²) in [5.41, 5.74) is 8.94. The second-order valence-corrected chi connectivity index (χ2v) is 6.27. The van der Waals surface area contributed by atoms with Gasteiger partial charge in [-0.3, -0.25) is 0 Å². The first-order valence-electron chi connectivity index (χ1n) is 6.84. The fourth-order valence-corrected chi connectivity index (χ4v) is 4.20. The third kappa shape index (κ3) is 2.67. The molecule has 2 rings (SSSR count). The lowest BCUT2D eigenvalue weighted by Gasteiger charge is -2.46. The van der Waals surface area contributed by atoms with Gasteiger partial charge in [0.1, 0.15) is 0 Å². The summed E-state index contributed by atoms with van der Waals surface area (Å²) in [5, 5.41) is 0. The summed E-state index contributed by atoms with van der Waals surface area (Å²) in [7, 11) is 0. The van der Waals surface area contributed by atoms with Gasteiger partial charge in [-0.15, -0.1) is 0 Å². The zero-order valence-electron chi connectivity index (χ0n) is 11.5. The van der Waals surface area contributed by atoms with Crippen molar-refractivity contribution in [3.63, 3.8) is 0 Å². The van der Waals surface area contributed by atoms with E-state index < -0.39 is 0 Å². The minimum absolute atomic E-state index is 0.158. The van der Waals surface area contributed by atoms with Gasteiger partial charge in [-0.1, -0.05) is 12.1 Å². The molecule has 2 nitrogen and oxygen atoms in total. The maximum Gasteiger partial charge on any atom is 0.0614 e. The third-order valence-corrected chi connectivity index (χ3v) is 5.20. The van der Waals surface area contributed by atoms with Gasteiger partial charge in [0, 0.05) is 24.5 Å². The standard InChI is InChI=1S/C15H24N2S/c1-3-17(14-7-4-6-13(2)10-14)15(11-16)8-5-9-18-12-15/h4,6-7,10H,3,5,8-9,11-12,16H2,1-2H3. The highest BCUT2D eigenvalue weighted by Gasteiger charge is 2.36. The summed E-state index contributed by atoms with van der Waals surface area (Å²) in [4.78, 5) is 2.52. The van der Waals surface area contributed by atoms with E-state index in [1.165, 1.54) is 29.8 Å². The molecule has 1 aromatic carbocycles. The number of likely N-dealkylation sites (N-methyl/N-ethyl adjacent to an activating group) is 1. The van der Waals surface area contributed by atoms with E-state index in [4.69, 9.17) is 5.73 Å². The topological polar surface area (TPSA) is 29.3 Å². The highest BCUT2D eigenvalue weighted by molar-refractivity contribution is 7.99. The number of hydrogen-bond donors (Lipinski definition) is 1. The van der Waals surface area contributed by atoms with Gasteiger partial charge in [-0.05, 0) is 50.1 Å². The van der Waals surface area contributed by atoms with E-state index >= 15 is 0 Å². The van der Waals surface area contributed by atoms with Gasteiger partial charge >= 0.3 is 0 Å². The van der Waals surface area contributed by atoms with Crippen LogP contribution in [0.1, 0.15) is 25.3 Å². The van der Waals surface area contributed by atoms with Gasteiger partial charge in [-0.2, -0.15) is 11.8 Å². The number of anilines is 1. The van der Waals surface area contributed by atoms with Crippen LogP contribution in [0.15, 0.2) is 24.3 Å². The van der Waals surface area contributed by atoms with Crippen LogP contribution >= 0.6 is 11.8 Å². The number of aryl methyl sites for hydroxylation is 1. The fraction of sp³-hybridized carbons (Fsp3) is 0.600. The molecular weight excluding hydrogens is 240 g/mol. The molecule has 3 heteroatoms. The molecule has 0 aliphatic carbocycles. The lowest BCUT2D eigenvalue weighted by Crippen LogP contribution is -2.57. The highest BCUT2D eigenvalue weighted by Crippen LogP contribution is 2.34. The first-order valence-corrected chi connectivity index (χ1v) is 7.99. The van der Waals surface area contributed by atoms with Gasteiger partial charge in [0.05, 0.1) is 5.54 Å². The smallest absolute Gasteiger partial charge is 0.0614 e. The number of thioether (sulfide) groups is 1. The van der Waals surface area contributed by atoms with E-state index in [1.807, 2.05) is 11.8 Å². The van der Waals surface area contributed by atoms with Crippen LogP contribution in [-0.4, -0.2) is 30.1 Å². The van der Waals surface area contributed by atoms with Crippen molar-refractivity contribution in [2.45, 2.75) is 32.2 Å². The average Bonchev–Trinajstić information content (AvgIpc) is 2.41. The maximum absolute atomic E-state index is 6.14. The lowest BCUT2D eigenvalue weighted by atomic mass is 9.92.